The van der Waals surface area contributed by atoms with Crippen LogP contribution in [0.15, 0.2) is 74.9 Å². The zero-order chi connectivity index (χ0) is 30.1. The SMILES string of the molecule is CCC/C=C1/Oc2ccc(OC(=O)CCC(=O)OCCCCOc3no[n+]([O-])c3S(=O)(=O)c3ccccc3)cc2C1=O. The van der Waals surface area contributed by atoms with E-state index in [1.165, 1.54) is 36.4 Å². The second kappa shape index (κ2) is 13.8. The Morgan fingerprint density at radius 3 is 2.55 bits per heavy atom. The minimum Gasteiger partial charge on any atom is -0.466 e. The predicted octanol–water partition coefficient (Wildman–Crippen LogP) is 3.49. The number of benzene rings is 2. The lowest BCUT2D eigenvalue weighted by Gasteiger charge is -2.07. The van der Waals surface area contributed by atoms with E-state index >= 15 is 0 Å². The number of aromatic nitrogens is 2. The highest BCUT2D eigenvalue weighted by atomic mass is 32.2. The molecule has 2 heterocycles. The number of sulfone groups is 1. The molecule has 1 aromatic heterocycles. The van der Waals surface area contributed by atoms with Gasteiger partial charge in [0.15, 0.2) is 5.76 Å². The molecule has 2 aromatic carbocycles. The molecular formula is C28H28N2O11S. The number of esters is 2. The van der Waals surface area contributed by atoms with Crippen LogP contribution in [0.3, 0.4) is 0 Å². The molecule has 0 radical (unpaired) electrons. The van der Waals surface area contributed by atoms with Gasteiger partial charge in [0.05, 0.1) is 41.7 Å². The Bertz CT molecular complexity index is 1580. The molecular weight excluding hydrogens is 572 g/mol. The Labute approximate surface area is 241 Å². The van der Waals surface area contributed by atoms with Gasteiger partial charge in [-0.25, -0.2) is 8.42 Å². The van der Waals surface area contributed by atoms with Gasteiger partial charge in [0.2, 0.25) is 5.78 Å². The summed E-state index contributed by atoms with van der Waals surface area (Å²) in [6.07, 6.45) is 3.54. The van der Waals surface area contributed by atoms with E-state index in [1.54, 1.807) is 18.2 Å². The van der Waals surface area contributed by atoms with Gasteiger partial charge in [-0.3, -0.25) is 19.0 Å². The third-order valence-corrected chi connectivity index (χ3v) is 7.64. The van der Waals surface area contributed by atoms with Gasteiger partial charge in [0, 0.05) is 0 Å². The number of Topliss-reactive ketones (excluding diaryl/α,β-unsaturated/α-hetero) is 1. The molecule has 0 spiro atoms. The Balaban J connectivity index is 1.15. The molecule has 0 bridgehead atoms. The van der Waals surface area contributed by atoms with E-state index < -0.39 is 32.7 Å². The molecule has 14 heteroatoms. The van der Waals surface area contributed by atoms with Crippen molar-refractivity contribution in [3.05, 3.63) is 71.1 Å². The molecule has 42 heavy (non-hydrogen) atoms. The molecule has 0 unspecified atom stereocenters. The van der Waals surface area contributed by atoms with Crippen molar-refractivity contribution in [3.8, 4) is 17.4 Å². The fraction of sp³-hybridized carbons (Fsp3) is 0.321. The van der Waals surface area contributed by atoms with Crippen molar-refractivity contribution in [2.75, 3.05) is 13.2 Å². The molecule has 1 aliphatic heterocycles. The van der Waals surface area contributed by atoms with Crippen molar-refractivity contribution in [2.24, 2.45) is 0 Å². The highest BCUT2D eigenvalue weighted by Crippen LogP contribution is 2.34. The second-order valence-corrected chi connectivity index (χ2v) is 10.9. The van der Waals surface area contributed by atoms with E-state index in [9.17, 15) is 28.0 Å². The molecule has 13 nitrogen and oxygen atoms in total. The fourth-order valence-electron chi connectivity index (χ4n) is 3.80. The number of nitrogens with zero attached hydrogens (tertiary/aromatic N) is 2. The van der Waals surface area contributed by atoms with Crippen LogP contribution in [0.1, 0.15) is 55.8 Å². The average molecular weight is 601 g/mol. The van der Waals surface area contributed by atoms with E-state index in [0.29, 0.717) is 30.6 Å². The smallest absolute Gasteiger partial charge is 0.414 e. The number of allylic oxidation sites excluding steroid dienone is 2. The van der Waals surface area contributed by atoms with Gasteiger partial charge in [-0.05, 0) is 60.6 Å². The molecule has 0 aliphatic carbocycles. The van der Waals surface area contributed by atoms with Crippen molar-refractivity contribution < 1.29 is 51.3 Å². The number of carbonyl (C=O) groups excluding carboxylic acids is 3. The maximum Gasteiger partial charge on any atom is 0.414 e. The quantitative estimate of drug-likeness (QED) is 0.0867. The highest BCUT2D eigenvalue weighted by Gasteiger charge is 2.35. The lowest BCUT2D eigenvalue weighted by atomic mass is 10.1. The van der Waals surface area contributed by atoms with Gasteiger partial charge in [-0.1, -0.05) is 31.5 Å². The first-order valence-corrected chi connectivity index (χ1v) is 14.6. The first-order valence-electron chi connectivity index (χ1n) is 13.2. The standard InChI is InChI=1S/C28H28N2O11S/c1-2-3-11-23-26(33)21-18-19(12-13-22(21)40-23)39-25(32)15-14-24(31)37-16-7-8-17-38-27-28(30(34)41-29-27)42(35,36)20-9-5-4-6-10-20/h4-6,9-13,18H,2-3,7-8,14-17H2,1H3/b23-11+. The van der Waals surface area contributed by atoms with Crippen LogP contribution in [0.4, 0.5) is 0 Å². The number of fused-ring (bicyclic) bond motifs is 1. The third-order valence-electron chi connectivity index (χ3n) is 5.92. The number of ketones is 1. The predicted molar refractivity (Wildman–Crippen MR) is 142 cm³/mol. The summed E-state index contributed by atoms with van der Waals surface area (Å²) in [5.41, 5.74) is 0.302. The fourth-order valence-corrected chi connectivity index (χ4v) is 5.10. The highest BCUT2D eigenvalue weighted by molar-refractivity contribution is 7.91. The summed E-state index contributed by atoms with van der Waals surface area (Å²) in [4.78, 5) is 36.3. The Kier molecular flexibility index (Phi) is 9.91. The van der Waals surface area contributed by atoms with Crippen LogP contribution in [0.2, 0.25) is 0 Å². The zero-order valence-corrected chi connectivity index (χ0v) is 23.5. The largest absolute Gasteiger partial charge is 0.466 e. The van der Waals surface area contributed by atoms with E-state index in [4.69, 9.17) is 18.9 Å². The lowest BCUT2D eigenvalue weighted by Crippen LogP contribution is -2.31. The molecule has 0 fully saturated rings. The number of ether oxygens (including phenoxy) is 4. The molecule has 222 valence electrons. The zero-order valence-electron chi connectivity index (χ0n) is 22.6. The lowest BCUT2D eigenvalue weighted by molar-refractivity contribution is -0.832. The number of hydrogen-bond donors (Lipinski definition) is 0. The van der Waals surface area contributed by atoms with Gasteiger partial charge >= 0.3 is 22.8 Å². The minimum atomic E-state index is -4.22. The molecule has 0 saturated carbocycles. The number of carbonyl (C=O) groups is 3. The van der Waals surface area contributed by atoms with Crippen LogP contribution < -0.4 is 19.1 Å². The number of rotatable bonds is 14. The number of hydrogen-bond acceptors (Lipinski definition) is 12. The normalized spacial score (nSPS) is 13.5. The van der Waals surface area contributed by atoms with Gasteiger partial charge < -0.3 is 24.2 Å². The summed E-state index contributed by atoms with van der Waals surface area (Å²) in [5, 5.41) is 14.5. The molecule has 0 atom stereocenters. The van der Waals surface area contributed by atoms with Crippen molar-refractivity contribution in [2.45, 2.75) is 55.4 Å². The molecule has 1 aliphatic rings. The van der Waals surface area contributed by atoms with Crippen molar-refractivity contribution >= 4 is 27.6 Å². The molecule has 4 rings (SSSR count). The molecule has 0 amide bonds. The van der Waals surface area contributed by atoms with Crippen LogP contribution in [0.5, 0.6) is 17.4 Å². The molecule has 3 aromatic rings. The number of unbranched alkanes of at least 4 members (excludes halogenated alkanes) is 2. The first-order chi connectivity index (χ1) is 20.2. The molecule has 0 saturated heterocycles. The van der Waals surface area contributed by atoms with E-state index in [-0.39, 0.29) is 53.1 Å². The maximum atomic E-state index is 12.7. The van der Waals surface area contributed by atoms with Crippen LogP contribution >= 0.6 is 0 Å². The Morgan fingerprint density at radius 2 is 1.79 bits per heavy atom. The van der Waals surface area contributed by atoms with Crippen LogP contribution in [0.25, 0.3) is 0 Å². The van der Waals surface area contributed by atoms with Gasteiger partial charge in [0.1, 0.15) is 11.5 Å². The Hall–Kier alpha value is -4.72. The monoisotopic (exact) mass is 600 g/mol. The summed E-state index contributed by atoms with van der Waals surface area (Å²) in [5.74, 6) is -1.23. The topological polar surface area (TPSA) is 175 Å². The van der Waals surface area contributed by atoms with Crippen molar-refractivity contribution in [3.63, 3.8) is 0 Å². The minimum absolute atomic E-state index is 0.0214. The van der Waals surface area contributed by atoms with Crippen molar-refractivity contribution in [1.82, 2.24) is 5.16 Å². The molecule has 0 N–H and O–H groups in total. The van der Waals surface area contributed by atoms with E-state index in [2.05, 4.69) is 9.79 Å². The first kappa shape index (κ1) is 30.2. The third kappa shape index (κ3) is 7.32. The van der Waals surface area contributed by atoms with Crippen LogP contribution in [-0.2, 0) is 24.2 Å². The van der Waals surface area contributed by atoms with Gasteiger partial charge in [-0.2, -0.15) is 0 Å². The van der Waals surface area contributed by atoms with E-state index in [1.807, 2.05) is 6.92 Å². The summed E-state index contributed by atoms with van der Waals surface area (Å²) in [7, 11) is -4.22. The maximum absolute atomic E-state index is 12.7. The summed E-state index contributed by atoms with van der Waals surface area (Å²) >= 11 is 0. The van der Waals surface area contributed by atoms with Crippen LogP contribution in [-0.4, -0.2) is 44.5 Å². The van der Waals surface area contributed by atoms with E-state index in [0.717, 1.165) is 6.42 Å². The van der Waals surface area contributed by atoms with Crippen molar-refractivity contribution in [1.29, 1.82) is 0 Å². The summed E-state index contributed by atoms with van der Waals surface area (Å²) in [6, 6.07) is 11.8. The second-order valence-electron chi connectivity index (χ2n) is 9.05. The van der Waals surface area contributed by atoms with Gasteiger partial charge in [-0.15, -0.1) is 0 Å². The average Bonchev–Trinajstić information content (AvgIpc) is 3.51. The van der Waals surface area contributed by atoms with Gasteiger partial charge in [0.25, 0.3) is 9.84 Å². The summed E-state index contributed by atoms with van der Waals surface area (Å²) < 4.78 is 51.1. The Morgan fingerprint density at radius 1 is 1.05 bits per heavy atom. The van der Waals surface area contributed by atoms with Crippen LogP contribution in [0, 0.1) is 5.21 Å². The summed E-state index contributed by atoms with van der Waals surface area (Å²) in [6.45, 7) is 1.98.